The predicted molar refractivity (Wildman–Crippen MR) is 106 cm³/mol. The third-order valence-corrected chi connectivity index (χ3v) is 4.80. The predicted octanol–water partition coefficient (Wildman–Crippen LogP) is 4.17. The second-order valence-electron chi connectivity index (χ2n) is 6.18. The number of anilines is 3. The Kier molecular flexibility index (Phi) is 4.37. The van der Waals surface area contributed by atoms with Gasteiger partial charge < -0.3 is 20.7 Å². The van der Waals surface area contributed by atoms with E-state index in [0.29, 0.717) is 22.2 Å². The highest BCUT2D eigenvalue weighted by Gasteiger charge is 2.25. The summed E-state index contributed by atoms with van der Waals surface area (Å²) >= 11 is 6.10. The highest BCUT2D eigenvalue weighted by Crippen LogP contribution is 2.36. The molecule has 4 rings (SSSR count). The zero-order valence-corrected chi connectivity index (χ0v) is 15.5. The second-order valence-corrected chi connectivity index (χ2v) is 6.59. The number of carbonyl (C=O) groups is 1. The molecule has 0 saturated heterocycles. The monoisotopic (exact) mass is 383 g/mol. The number of ether oxygens (including phenoxy) is 1. The lowest BCUT2D eigenvalue weighted by molar-refractivity contribution is 0.102. The molecule has 1 aliphatic heterocycles. The average Bonchev–Trinajstić information content (AvgIpc) is 3.25. The number of nitrogens with one attached hydrogen (secondary N) is 4. The molecular formula is C19H18ClN5O2. The molecule has 1 aliphatic rings. The summed E-state index contributed by atoms with van der Waals surface area (Å²) in [6.45, 7) is 1.90. The van der Waals surface area contributed by atoms with E-state index < -0.39 is 0 Å². The highest BCUT2D eigenvalue weighted by atomic mass is 35.5. The molecule has 27 heavy (non-hydrogen) atoms. The molecule has 4 N–H and O–H groups in total. The number of amides is 1. The number of aromatic amines is 1. The maximum Gasteiger partial charge on any atom is 0.256 e. The SMILES string of the molecule is COc1ccc(C(=O)Nc2n[nH]c(C3Nc4ccccc4N3)c2C)cc1Cl. The van der Waals surface area contributed by atoms with E-state index in [-0.39, 0.29) is 12.1 Å². The number of halogens is 1. The number of rotatable bonds is 4. The van der Waals surface area contributed by atoms with E-state index in [2.05, 4.69) is 26.1 Å². The summed E-state index contributed by atoms with van der Waals surface area (Å²) < 4.78 is 5.11. The van der Waals surface area contributed by atoms with Crippen LogP contribution in [-0.2, 0) is 0 Å². The van der Waals surface area contributed by atoms with Gasteiger partial charge in [0.15, 0.2) is 5.82 Å². The Morgan fingerprint density at radius 3 is 2.52 bits per heavy atom. The van der Waals surface area contributed by atoms with E-state index in [9.17, 15) is 4.79 Å². The fraction of sp³-hybridized carbons (Fsp3) is 0.158. The van der Waals surface area contributed by atoms with Crippen LogP contribution in [0.4, 0.5) is 17.2 Å². The fourth-order valence-electron chi connectivity index (χ4n) is 3.03. The van der Waals surface area contributed by atoms with Gasteiger partial charge in [0.1, 0.15) is 11.9 Å². The molecular weight excluding hydrogens is 366 g/mol. The number of methoxy groups -OCH3 is 1. The topological polar surface area (TPSA) is 91.1 Å². The molecule has 8 heteroatoms. The molecule has 0 saturated carbocycles. The van der Waals surface area contributed by atoms with Crippen molar-refractivity contribution in [1.29, 1.82) is 0 Å². The van der Waals surface area contributed by atoms with Gasteiger partial charge in [-0.15, -0.1) is 0 Å². The quantitative estimate of drug-likeness (QED) is 0.543. The number of para-hydroxylation sites is 2. The first-order valence-corrected chi connectivity index (χ1v) is 8.76. The minimum Gasteiger partial charge on any atom is -0.495 e. The zero-order valence-electron chi connectivity index (χ0n) is 14.8. The van der Waals surface area contributed by atoms with Crippen LogP contribution in [0.3, 0.4) is 0 Å². The maximum absolute atomic E-state index is 12.5. The Balaban J connectivity index is 1.51. The third kappa shape index (κ3) is 3.17. The van der Waals surface area contributed by atoms with Gasteiger partial charge in [0.25, 0.3) is 5.91 Å². The first kappa shape index (κ1) is 17.2. The van der Waals surface area contributed by atoms with Crippen LogP contribution in [0.15, 0.2) is 42.5 Å². The summed E-state index contributed by atoms with van der Waals surface area (Å²) in [4.78, 5) is 12.5. The first-order valence-electron chi connectivity index (χ1n) is 8.38. The first-order chi connectivity index (χ1) is 13.1. The Labute approximate surface area is 161 Å². The molecule has 0 bridgehead atoms. The average molecular weight is 384 g/mol. The Morgan fingerprint density at radius 2 is 1.89 bits per heavy atom. The van der Waals surface area contributed by atoms with Gasteiger partial charge >= 0.3 is 0 Å². The smallest absolute Gasteiger partial charge is 0.256 e. The molecule has 138 valence electrons. The lowest BCUT2D eigenvalue weighted by Gasteiger charge is -2.11. The lowest BCUT2D eigenvalue weighted by Crippen LogP contribution is -2.15. The number of fused-ring (bicyclic) bond motifs is 1. The van der Waals surface area contributed by atoms with Crippen LogP contribution in [0.1, 0.15) is 27.8 Å². The van der Waals surface area contributed by atoms with Crippen LogP contribution < -0.4 is 20.7 Å². The van der Waals surface area contributed by atoms with Crippen molar-refractivity contribution in [2.45, 2.75) is 13.1 Å². The van der Waals surface area contributed by atoms with Gasteiger partial charge in [0.2, 0.25) is 0 Å². The summed E-state index contributed by atoms with van der Waals surface area (Å²) in [5, 5.41) is 17.2. The summed E-state index contributed by atoms with van der Waals surface area (Å²) in [5.41, 5.74) is 4.18. The molecule has 1 aromatic heterocycles. The number of hydrogen-bond acceptors (Lipinski definition) is 5. The number of carbonyl (C=O) groups excluding carboxylic acids is 1. The van der Waals surface area contributed by atoms with E-state index in [1.165, 1.54) is 7.11 Å². The van der Waals surface area contributed by atoms with Crippen molar-refractivity contribution in [3.63, 3.8) is 0 Å². The van der Waals surface area contributed by atoms with Gasteiger partial charge in [-0.3, -0.25) is 9.89 Å². The van der Waals surface area contributed by atoms with Crippen molar-refractivity contribution in [1.82, 2.24) is 10.2 Å². The Morgan fingerprint density at radius 1 is 1.19 bits per heavy atom. The van der Waals surface area contributed by atoms with Crippen molar-refractivity contribution >= 4 is 34.7 Å². The molecule has 2 heterocycles. The van der Waals surface area contributed by atoms with Gasteiger partial charge in [-0.25, -0.2) is 0 Å². The molecule has 0 atom stereocenters. The number of H-pyrrole nitrogens is 1. The molecule has 0 spiro atoms. The standard InChI is InChI=1S/C19H18ClN5O2/c1-10-16(18-21-13-5-3-4-6-14(13)22-18)24-25-17(10)23-19(26)11-7-8-15(27-2)12(20)9-11/h3-9,18,21-22H,1-2H3,(H2,23,24,25,26). The molecule has 1 amide bonds. The number of hydrogen-bond donors (Lipinski definition) is 4. The number of nitrogens with zero attached hydrogens (tertiary/aromatic N) is 1. The van der Waals surface area contributed by atoms with Gasteiger partial charge in [-0.1, -0.05) is 23.7 Å². The molecule has 0 radical (unpaired) electrons. The van der Waals surface area contributed by atoms with Crippen molar-refractivity contribution in [3.8, 4) is 5.75 Å². The van der Waals surface area contributed by atoms with Gasteiger partial charge in [0.05, 0.1) is 29.2 Å². The molecule has 2 aromatic carbocycles. The molecule has 0 aliphatic carbocycles. The van der Waals surface area contributed by atoms with E-state index >= 15 is 0 Å². The lowest BCUT2D eigenvalue weighted by atomic mass is 10.2. The fourth-order valence-corrected chi connectivity index (χ4v) is 3.29. The second kappa shape index (κ2) is 6.85. The zero-order chi connectivity index (χ0) is 19.0. The molecule has 7 nitrogen and oxygen atoms in total. The van der Waals surface area contributed by atoms with Gasteiger partial charge in [0, 0.05) is 11.1 Å². The molecule has 0 unspecified atom stereocenters. The van der Waals surface area contributed by atoms with Crippen molar-refractivity contribution in [3.05, 3.63) is 64.3 Å². The van der Waals surface area contributed by atoms with E-state index in [4.69, 9.17) is 16.3 Å². The van der Waals surface area contributed by atoms with E-state index in [1.54, 1.807) is 18.2 Å². The van der Waals surface area contributed by atoms with Crippen molar-refractivity contribution in [2.75, 3.05) is 23.1 Å². The van der Waals surface area contributed by atoms with Gasteiger partial charge in [-0.05, 0) is 37.3 Å². The minimum absolute atomic E-state index is 0.143. The van der Waals surface area contributed by atoms with Crippen LogP contribution in [0.2, 0.25) is 5.02 Å². The van der Waals surface area contributed by atoms with E-state index in [0.717, 1.165) is 22.6 Å². The summed E-state index contributed by atoms with van der Waals surface area (Å²) in [6.07, 6.45) is -0.143. The molecule has 3 aromatic rings. The third-order valence-electron chi connectivity index (χ3n) is 4.51. The van der Waals surface area contributed by atoms with Gasteiger partial charge in [-0.2, -0.15) is 5.10 Å². The van der Waals surface area contributed by atoms with Crippen LogP contribution in [0, 0.1) is 6.92 Å². The van der Waals surface area contributed by atoms with Crippen molar-refractivity contribution < 1.29 is 9.53 Å². The van der Waals surface area contributed by atoms with E-state index in [1.807, 2.05) is 31.2 Å². The Hall–Kier alpha value is -3.19. The molecule has 0 fully saturated rings. The van der Waals surface area contributed by atoms with Crippen LogP contribution >= 0.6 is 11.6 Å². The summed E-state index contributed by atoms with van der Waals surface area (Å²) in [7, 11) is 1.53. The normalized spacial score (nSPS) is 12.9. The highest BCUT2D eigenvalue weighted by molar-refractivity contribution is 6.32. The maximum atomic E-state index is 12.5. The Bertz CT molecular complexity index is 992. The minimum atomic E-state index is -0.295. The number of aromatic nitrogens is 2. The summed E-state index contributed by atoms with van der Waals surface area (Å²) in [6, 6.07) is 12.8. The largest absolute Gasteiger partial charge is 0.495 e. The van der Waals surface area contributed by atoms with Crippen LogP contribution in [0.25, 0.3) is 0 Å². The number of benzene rings is 2. The van der Waals surface area contributed by atoms with Crippen molar-refractivity contribution in [2.24, 2.45) is 0 Å². The van der Waals surface area contributed by atoms with Crippen LogP contribution in [-0.4, -0.2) is 23.2 Å². The van der Waals surface area contributed by atoms with Crippen LogP contribution in [0.5, 0.6) is 5.75 Å². The summed E-state index contributed by atoms with van der Waals surface area (Å²) in [5.74, 6) is 0.697.